The Bertz CT molecular complexity index is 891. The fourth-order valence-electron chi connectivity index (χ4n) is 5.37. The molecule has 3 unspecified atom stereocenters. The van der Waals surface area contributed by atoms with Crippen molar-refractivity contribution in [1.82, 2.24) is 5.06 Å². The molecule has 6 heteroatoms. The molecule has 3 atom stereocenters. The van der Waals surface area contributed by atoms with Gasteiger partial charge in [-0.15, -0.1) is 6.58 Å². The molecule has 0 N–H and O–H groups in total. The molecule has 0 spiro atoms. The first kappa shape index (κ1) is 36.4. The van der Waals surface area contributed by atoms with Crippen molar-refractivity contribution in [2.75, 3.05) is 13.2 Å². The van der Waals surface area contributed by atoms with Crippen LogP contribution in [0.2, 0.25) is 36.3 Å². The SMILES string of the molecule is C=CCCCC(ON1C(CC)(CO[Si](C)(C)C(C)(C)C)CCCC1(CC)CO[Si](C)(C)C(C)(C)C)c1ccccc1. The largest absolute Gasteiger partial charge is 0.415 e. The Labute approximate surface area is 256 Å². The fraction of sp³-hybridized carbons (Fsp3) is 0.771. The third-order valence-electron chi connectivity index (χ3n) is 10.8. The molecule has 1 aliphatic rings. The molecule has 41 heavy (non-hydrogen) atoms. The molecule has 1 fully saturated rings. The highest BCUT2D eigenvalue weighted by molar-refractivity contribution is 6.74. The standard InChI is InChI=1S/C35H65NO3Si2/c1-14-17-19-25-31(30-23-20-18-21-24-30)39-36-34(15-2,28-37-40(10,11)32(4,5)6)26-22-27-35(36,16-3)29-38-41(12,13)33(7,8)9/h14,18,20-21,23-24,31H,1,15-17,19,22,25-29H2,2-13H3. The van der Waals surface area contributed by atoms with Crippen LogP contribution in [-0.2, 0) is 13.7 Å². The van der Waals surface area contributed by atoms with Crippen molar-refractivity contribution in [2.24, 2.45) is 0 Å². The minimum Gasteiger partial charge on any atom is -0.415 e. The second-order valence-corrected chi connectivity index (χ2v) is 25.2. The zero-order chi connectivity index (χ0) is 31.2. The minimum atomic E-state index is -1.96. The average molecular weight is 604 g/mol. The smallest absolute Gasteiger partial charge is 0.192 e. The van der Waals surface area contributed by atoms with Gasteiger partial charge in [0, 0.05) is 0 Å². The first-order valence-corrected chi connectivity index (χ1v) is 22.1. The van der Waals surface area contributed by atoms with Gasteiger partial charge in [-0.1, -0.05) is 91.8 Å². The lowest BCUT2D eigenvalue weighted by Crippen LogP contribution is -2.68. The first-order chi connectivity index (χ1) is 18.9. The van der Waals surface area contributed by atoms with Crippen LogP contribution in [0, 0.1) is 0 Å². The maximum absolute atomic E-state index is 7.41. The Morgan fingerprint density at radius 3 is 1.71 bits per heavy atom. The molecule has 0 bridgehead atoms. The van der Waals surface area contributed by atoms with Crippen LogP contribution in [0.5, 0.6) is 0 Å². The van der Waals surface area contributed by atoms with Crippen LogP contribution in [0.4, 0.5) is 0 Å². The van der Waals surface area contributed by atoms with E-state index in [2.05, 4.69) is 124 Å². The van der Waals surface area contributed by atoms with Gasteiger partial charge < -0.3 is 8.85 Å². The molecule has 1 aromatic carbocycles. The Morgan fingerprint density at radius 1 is 0.854 bits per heavy atom. The molecular weight excluding hydrogens is 539 g/mol. The van der Waals surface area contributed by atoms with Crippen molar-refractivity contribution in [1.29, 1.82) is 0 Å². The van der Waals surface area contributed by atoms with Crippen LogP contribution in [0.1, 0.15) is 118 Å². The highest BCUT2D eigenvalue weighted by atomic mass is 28.4. The highest BCUT2D eigenvalue weighted by Crippen LogP contribution is 2.48. The normalized spacial score (nSPS) is 23.9. The summed E-state index contributed by atoms with van der Waals surface area (Å²) in [6, 6.07) is 10.8. The van der Waals surface area contributed by atoms with Gasteiger partial charge in [-0.2, -0.15) is 5.06 Å². The summed E-state index contributed by atoms with van der Waals surface area (Å²) in [5, 5.41) is 2.79. The summed E-state index contributed by atoms with van der Waals surface area (Å²) >= 11 is 0. The number of hydrogen-bond acceptors (Lipinski definition) is 4. The van der Waals surface area contributed by atoms with Crippen LogP contribution >= 0.6 is 0 Å². The lowest BCUT2D eigenvalue weighted by Gasteiger charge is -2.58. The summed E-state index contributed by atoms with van der Waals surface area (Å²) < 4.78 is 14.1. The van der Waals surface area contributed by atoms with Crippen molar-refractivity contribution in [2.45, 2.75) is 160 Å². The van der Waals surface area contributed by atoms with Gasteiger partial charge in [0.1, 0.15) is 6.10 Å². The number of piperidine rings is 1. The predicted molar refractivity (Wildman–Crippen MR) is 182 cm³/mol. The summed E-state index contributed by atoms with van der Waals surface area (Å²) in [6.45, 7) is 33.6. The summed E-state index contributed by atoms with van der Waals surface area (Å²) in [4.78, 5) is 7.41. The van der Waals surface area contributed by atoms with E-state index in [-0.39, 0.29) is 27.3 Å². The van der Waals surface area contributed by atoms with Crippen molar-refractivity contribution in [3.05, 3.63) is 48.6 Å². The van der Waals surface area contributed by atoms with Crippen molar-refractivity contribution < 1.29 is 13.7 Å². The monoisotopic (exact) mass is 603 g/mol. The second kappa shape index (κ2) is 14.3. The Morgan fingerprint density at radius 2 is 1.32 bits per heavy atom. The van der Waals surface area contributed by atoms with Gasteiger partial charge >= 0.3 is 0 Å². The Kier molecular flexibility index (Phi) is 12.7. The average Bonchev–Trinajstić information content (AvgIpc) is 2.90. The predicted octanol–water partition coefficient (Wildman–Crippen LogP) is 10.8. The van der Waals surface area contributed by atoms with E-state index in [0.29, 0.717) is 13.2 Å². The number of benzene rings is 1. The third kappa shape index (κ3) is 8.89. The maximum Gasteiger partial charge on any atom is 0.192 e. The van der Waals surface area contributed by atoms with Gasteiger partial charge in [-0.3, -0.25) is 4.84 Å². The zero-order valence-corrected chi connectivity index (χ0v) is 31.0. The fourth-order valence-corrected chi connectivity index (χ4v) is 7.49. The van der Waals surface area contributed by atoms with E-state index in [1.54, 1.807) is 0 Å². The van der Waals surface area contributed by atoms with Crippen molar-refractivity contribution in [3.8, 4) is 0 Å². The Hall–Kier alpha value is -0.766. The molecule has 4 nitrogen and oxygen atoms in total. The molecule has 236 valence electrons. The van der Waals surface area contributed by atoms with Gasteiger partial charge in [0.15, 0.2) is 16.6 Å². The molecule has 0 radical (unpaired) electrons. The molecule has 2 rings (SSSR count). The molecule has 0 saturated carbocycles. The molecule has 1 saturated heterocycles. The van der Waals surface area contributed by atoms with Gasteiger partial charge in [0.2, 0.25) is 0 Å². The Balaban J connectivity index is 2.61. The number of hydroxylamine groups is 2. The van der Waals surface area contributed by atoms with E-state index >= 15 is 0 Å². The molecule has 1 aliphatic heterocycles. The van der Waals surface area contributed by atoms with E-state index in [9.17, 15) is 0 Å². The van der Waals surface area contributed by atoms with Gasteiger partial charge in [-0.05, 0) is 93.2 Å². The van der Waals surface area contributed by atoms with E-state index in [1.165, 1.54) is 5.56 Å². The summed E-state index contributed by atoms with van der Waals surface area (Å²) in [5.41, 5.74) is 0.839. The van der Waals surface area contributed by atoms with E-state index in [1.807, 2.05) is 6.08 Å². The summed E-state index contributed by atoms with van der Waals surface area (Å²) in [6.07, 6.45) is 10.3. The molecule has 0 amide bonds. The minimum absolute atomic E-state index is 0.0214. The van der Waals surface area contributed by atoms with Crippen LogP contribution in [0.3, 0.4) is 0 Å². The highest BCUT2D eigenvalue weighted by Gasteiger charge is 2.54. The van der Waals surface area contributed by atoms with E-state index < -0.39 is 16.6 Å². The van der Waals surface area contributed by atoms with Crippen LogP contribution in [0.15, 0.2) is 43.0 Å². The van der Waals surface area contributed by atoms with E-state index in [4.69, 9.17) is 13.7 Å². The molecule has 0 aliphatic carbocycles. The topological polar surface area (TPSA) is 30.9 Å². The molecular formula is C35H65NO3Si2. The third-order valence-corrected chi connectivity index (χ3v) is 19.7. The van der Waals surface area contributed by atoms with E-state index in [0.717, 1.165) is 51.4 Å². The van der Waals surface area contributed by atoms with Crippen LogP contribution < -0.4 is 0 Å². The number of hydrogen-bond donors (Lipinski definition) is 0. The zero-order valence-electron chi connectivity index (χ0n) is 29.0. The first-order valence-electron chi connectivity index (χ1n) is 16.3. The second-order valence-electron chi connectivity index (χ2n) is 15.6. The van der Waals surface area contributed by atoms with Crippen LogP contribution in [-0.4, -0.2) is 46.0 Å². The van der Waals surface area contributed by atoms with Gasteiger partial charge in [0.05, 0.1) is 24.3 Å². The number of nitrogens with zero attached hydrogens (tertiary/aromatic N) is 1. The number of allylic oxidation sites excluding steroid dienone is 1. The number of rotatable bonds is 15. The van der Waals surface area contributed by atoms with Crippen molar-refractivity contribution in [3.63, 3.8) is 0 Å². The lowest BCUT2D eigenvalue weighted by molar-refractivity contribution is -0.333. The quantitative estimate of drug-likeness (QED) is 0.113. The molecule has 0 aromatic heterocycles. The summed E-state index contributed by atoms with van der Waals surface area (Å²) in [5.74, 6) is 0. The van der Waals surface area contributed by atoms with Gasteiger partial charge in [-0.25, -0.2) is 0 Å². The maximum atomic E-state index is 7.41. The number of unbranched alkanes of at least 4 members (excludes halogenated alkanes) is 1. The van der Waals surface area contributed by atoms with Crippen LogP contribution in [0.25, 0.3) is 0 Å². The summed E-state index contributed by atoms with van der Waals surface area (Å²) in [7, 11) is -3.92. The molecule has 1 aromatic rings. The van der Waals surface area contributed by atoms with Gasteiger partial charge in [0.25, 0.3) is 0 Å². The lowest BCUT2D eigenvalue weighted by atomic mass is 9.76. The molecule has 1 heterocycles. The van der Waals surface area contributed by atoms with Crippen molar-refractivity contribution >= 4 is 16.6 Å².